The number of likely N-dealkylation sites (N-methyl/N-ethyl adjacent to an activating group) is 1. The van der Waals surface area contributed by atoms with Gasteiger partial charge < -0.3 is 14.8 Å². The molecule has 33 heavy (non-hydrogen) atoms. The van der Waals surface area contributed by atoms with Crippen LogP contribution < -0.4 is 14.8 Å². The molecule has 7 heteroatoms. The summed E-state index contributed by atoms with van der Waals surface area (Å²) in [4.78, 5) is 18.0. The molecule has 3 aromatic rings. The zero-order valence-corrected chi connectivity index (χ0v) is 20.9. The van der Waals surface area contributed by atoms with E-state index in [0.29, 0.717) is 29.7 Å². The molecular weight excluding hydrogens is 452 g/mol. The number of rotatable bonds is 12. The van der Waals surface area contributed by atoms with Gasteiger partial charge >= 0.3 is 0 Å². The van der Waals surface area contributed by atoms with Gasteiger partial charge in [0.1, 0.15) is 5.94 Å². The second-order valence-electron chi connectivity index (χ2n) is 7.14. The summed E-state index contributed by atoms with van der Waals surface area (Å²) in [5.74, 6) is 1.60. The molecule has 0 bridgehead atoms. The highest BCUT2D eigenvalue weighted by Crippen LogP contribution is 2.41. The summed E-state index contributed by atoms with van der Waals surface area (Å²) in [5.41, 5.74) is 0.710. The van der Waals surface area contributed by atoms with Crippen LogP contribution in [0.25, 0.3) is 0 Å². The average Bonchev–Trinajstić information content (AvgIpc) is 2.85. The van der Waals surface area contributed by atoms with Crippen LogP contribution in [0.4, 0.5) is 5.69 Å². The summed E-state index contributed by atoms with van der Waals surface area (Å²) in [6.45, 7) is 6.09. The predicted molar refractivity (Wildman–Crippen MR) is 138 cm³/mol. The van der Waals surface area contributed by atoms with E-state index in [2.05, 4.69) is 24.1 Å². The van der Waals surface area contributed by atoms with E-state index in [1.165, 1.54) is 0 Å². The molecule has 0 atom stereocenters. The van der Waals surface area contributed by atoms with Crippen LogP contribution >= 0.6 is 23.5 Å². The normalized spacial score (nSPS) is 10.8. The molecule has 3 rings (SSSR count). The first-order valence-corrected chi connectivity index (χ1v) is 12.7. The molecular formula is C26H30N2O3S2. The molecule has 1 N–H and O–H groups in total. The first-order chi connectivity index (χ1) is 16.1. The van der Waals surface area contributed by atoms with Gasteiger partial charge in [-0.25, -0.2) is 0 Å². The van der Waals surface area contributed by atoms with E-state index < -0.39 is 0 Å². The quantitative estimate of drug-likeness (QED) is 0.243. The van der Waals surface area contributed by atoms with E-state index in [9.17, 15) is 4.79 Å². The van der Waals surface area contributed by atoms with E-state index in [0.717, 1.165) is 27.8 Å². The number of amides is 1. The zero-order chi connectivity index (χ0) is 23.5. The van der Waals surface area contributed by atoms with Crippen molar-refractivity contribution in [1.29, 1.82) is 0 Å². The number of thioether (sulfide) groups is 1. The molecule has 5 nitrogen and oxygen atoms in total. The Labute approximate surface area is 204 Å². The molecule has 0 aliphatic rings. The van der Waals surface area contributed by atoms with Gasteiger partial charge in [-0.3, -0.25) is 9.69 Å². The number of hydrogen-bond donors (Lipinski definition) is 1. The van der Waals surface area contributed by atoms with Gasteiger partial charge in [0.15, 0.2) is 11.5 Å². The number of benzene rings is 3. The average molecular weight is 483 g/mol. The van der Waals surface area contributed by atoms with Crippen LogP contribution in [0.1, 0.15) is 13.8 Å². The number of nitrogens with one attached hydrogen (secondary N) is 1. The molecule has 0 unspecified atom stereocenters. The standard InChI is InChI=1S/C26H30N2O3S2/c1-4-28(5-2)18-26(29)27-22-16-24(31-19-32-20-12-8-6-9-13-20)23(30-3)17-25(22)33-21-14-10-7-11-15-21/h6-17H,4-5,18-19H2,1-3H3,(H,27,29). The molecule has 3 aromatic carbocycles. The molecule has 0 radical (unpaired) electrons. The minimum atomic E-state index is -0.0524. The van der Waals surface area contributed by atoms with Crippen molar-refractivity contribution < 1.29 is 14.3 Å². The minimum Gasteiger partial charge on any atom is -0.493 e. The van der Waals surface area contributed by atoms with Crippen LogP contribution in [0, 0.1) is 0 Å². The van der Waals surface area contributed by atoms with Crippen LogP contribution in [0.5, 0.6) is 11.5 Å². The number of anilines is 1. The van der Waals surface area contributed by atoms with Crippen LogP contribution in [-0.2, 0) is 4.79 Å². The molecule has 0 spiro atoms. The summed E-state index contributed by atoms with van der Waals surface area (Å²) in [6, 6.07) is 23.9. The van der Waals surface area contributed by atoms with E-state index >= 15 is 0 Å². The fraction of sp³-hybridized carbons (Fsp3) is 0.269. The number of ether oxygens (including phenoxy) is 2. The van der Waals surface area contributed by atoms with E-state index in [1.807, 2.05) is 72.8 Å². The van der Waals surface area contributed by atoms with Crippen molar-refractivity contribution in [3.05, 3.63) is 72.8 Å². The van der Waals surface area contributed by atoms with Crippen molar-refractivity contribution in [3.8, 4) is 11.5 Å². The third-order valence-corrected chi connectivity index (χ3v) is 6.86. The van der Waals surface area contributed by atoms with Crippen molar-refractivity contribution in [3.63, 3.8) is 0 Å². The summed E-state index contributed by atoms with van der Waals surface area (Å²) >= 11 is 3.17. The predicted octanol–water partition coefficient (Wildman–Crippen LogP) is 6.26. The molecule has 0 aliphatic heterocycles. The Morgan fingerprint density at radius 2 is 1.55 bits per heavy atom. The molecule has 0 heterocycles. The molecule has 0 aliphatic carbocycles. The van der Waals surface area contributed by atoms with Crippen LogP contribution in [0.3, 0.4) is 0 Å². The molecule has 0 saturated heterocycles. The number of hydrogen-bond acceptors (Lipinski definition) is 6. The fourth-order valence-electron chi connectivity index (χ4n) is 3.13. The number of carbonyl (C=O) groups is 1. The third kappa shape index (κ3) is 7.74. The van der Waals surface area contributed by atoms with Crippen molar-refractivity contribution in [2.24, 2.45) is 0 Å². The largest absolute Gasteiger partial charge is 0.493 e. The van der Waals surface area contributed by atoms with Crippen LogP contribution in [-0.4, -0.2) is 43.5 Å². The Balaban J connectivity index is 1.83. The first-order valence-electron chi connectivity index (χ1n) is 10.9. The SMILES string of the molecule is CCN(CC)CC(=O)Nc1cc(OCSc2ccccc2)c(OC)cc1Sc1ccccc1. The summed E-state index contributed by atoms with van der Waals surface area (Å²) in [5, 5.41) is 3.09. The van der Waals surface area contributed by atoms with E-state index in [4.69, 9.17) is 9.47 Å². The summed E-state index contributed by atoms with van der Waals surface area (Å²) in [7, 11) is 1.63. The van der Waals surface area contributed by atoms with Gasteiger partial charge in [0.05, 0.1) is 19.3 Å². The summed E-state index contributed by atoms with van der Waals surface area (Å²) in [6.07, 6.45) is 0. The monoisotopic (exact) mass is 482 g/mol. The van der Waals surface area contributed by atoms with Crippen LogP contribution in [0.15, 0.2) is 87.5 Å². The van der Waals surface area contributed by atoms with Gasteiger partial charge in [-0.05, 0) is 37.4 Å². The Morgan fingerprint density at radius 3 is 2.15 bits per heavy atom. The van der Waals surface area contributed by atoms with Crippen molar-refractivity contribution in [1.82, 2.24) is 4.90 Å². The van der Waals surface area contributed by atoms with Gasteiger partial charge in [0.2, 0.25) is 5.91 Å². The second kappa shape index (κ2) is 13.2. The lowest BCUT2D eigenvalue weighted by Gasteiger charge is -2.20. The maximum atomic E-state index is 12.8. The lowest BCUT2D eigenvalue weighted by atomic mass is 10.2. The van der Waals surface area contributed by atoms with Crippen molar-refractivity contribution >= 4 is 35.1 Å². The fourth-order valence-corrected chi connectivity index (χ4v) is 4.73. The third-order valence-electron chi connectivity index (χ3n) is 4.96. The topological polar surface area (TPSA) is 50.8 Å². The van der Waals surface area contributed by atoms with Gasteiger partial charge in [-0.1, -0.05) is 73.8 Å². The van der Waals surface area contributed by atoms with E-state index in [1.54, 1.807) is 30.6 Å². The molecule has 0 aromatic heterocycles. The van der Waals surface area contributed by atoms with Gasteiger partial charge in [-0.15, -0.1) is 0 Å². The smallest absolute Gasteiger partial charge is 0.238 e. The second-order valence-corrected chi connectivity index (χ2v) is 9.25. The lowest BCUT2D eigenvalue weighted by molar-refractivity contribution is -0.117. The highest BCUT2D eigenvalue weighted by atomic mass is 32.2. The van der Waals surface area contributed by atoms with Crippen LogP contribution in [0.2, 0.25) is 0 Å². The first kappa shape index (κ1) is 25.0. The van der Waals surface area contributed by atoms with Crippen molar-refractivity contribution in [2.75, 3.05) is 38.0 Å². The zero-order valence-electron chi connectivity index (χ0n) is 19.2. The number of nitrogens with zero attached hydrogens (tertiary/aromatic N) is 1. The highest BCUT2D eigenvalue weighted by Gasteiger charge is 2.16. The van der Waals surface area contributed by atoms with E-state index in [-0.39, 0.29) is 5.91 Å². The number of carbonyl (C=O) groups excluding carboxylic acids is 1. The van der Waals surface area contributed by atoms with Gasteiger partial charge in [0.25, 0.3) is 0 Å². The highest BCUT2D eigenvalue weighted by molar-refractivity contribution is 7.99. The van der Waals surface area contributed by atoms with Gasteiger partial charge in [-0.2, -0.15) is 0 Å². The van der Waals surface area contributed by atoms with Crippen molar-refractivity contribution in [2.45, 2.75) is 28.5 Å². The Bertz CT molecular complexity index is 1010. The number of methoxy groups -OCH3 is 1. The lowest BCUT2D eigenvalue weighted by Crippen LogP contribution is -2.33. The molecule has 1 amide bonds. The molecule has 0 saturated carbocycles. The maximum absolute atomic E-state index is 12.8. The maximum Gasteiger partial charge on any atom is 0.238 e. The minimum absolute atomic E-state index is 0.0524. The Kier molecular flexibility index (Phi) is 10.00. The Morgan fingerprint density at radius 1 is 0.909 bits per heavy atom. The Hall–Kier alpha value is -2.61. The van der Waals surface area contributed by atoms with Gasteiger partial charge in [0, 0.05) is 26.8 Å². The molecule has 174 valence electrons. The molecule has 0 fully saturated rings. The summed E-state index contributed by atoms with van der Waals surface area (Å²) < 4.78 is 11.7.